The third kappa shape index (κ3) is 5.03. The standard InChI is InChI=1S/C13H20ClN3O2/c1-4-10-16-12(14)9(3)13(17-10)15-8-6-7-11(18)19-5-2/h4-8H2,1-3H3,(H,15,16,17). The molecule has 5 nitrogen and oxygen atoms in total. The molecule has 0 spiro atoms. The predicted molar refractivity (Wildman–Crippen MR) is 75.5 cm³/mol. The van der Waals surface area contributed by atoms with Crippen LogP contribution in [-0.2, 0) is 16.0 Å². The molecule has 0 aliphatic rings. The van der Waals surface area contributed by atoms with Crippen LogP contribution in [0.4, 0.5) is 5.82 Å². The summed E-state index contributed by atoms with van der Waals surface area (Å²) < 4.78 is 4.86. The van der Waals surface area contributed by atoms with Crippen LogP contribution in [0, 0.1) is 6.92 Å². The van der Waals surface area contributed by atoms with E-state index in [0.717, 1.165) is 17.8 Å². The summed E-state index contributed by atoms with van der Waals surface area (Å²) in [4.78, 5) is 19.7. The van der Waals surface area contributed by atoms with E-state index in [1.54, 1.807) is 6.92 Å². The van der Waals surface area contributed by atoms with Gasteiger partial charge in [0.1, 0.15) is 16.8 Å². The zero-order valence-electron chi connectivity index (χ0n) is 11.6. The van der Waals surface area contributed by atoms with Crippen LogP contribution in [0.3, 0.4) is 0 Å². The number of hydrogen-bond acceptors (Lipinski definition) is 5. The van der Waals surface area contributed by atoms with E-state index >= 15 is 0 Å². The molecule has 1 N–H and O–H groups in total. The van der Waals surface area contributed by atoms with E-state index in [1.807, 2.05) is 13.8 Å². The number of carbonyl (C=O) groups excluding carboxylic acids is 1. The number of nitrogens with zero attached hydrogens (tertiary/aromatic N) is 2. The maximum Gasteiger partial charge on any atom is 0.305 e. The highest BCUT2D eigenvalue weighted by Crippen LogP contribution is 2.19. The van der Waals surface area contributed by atoms with Crippen LogP contribution >= 0.6 is 11.6 Å². The Balaban J connectivity index is 2.49. The Hall–Kier alpha value is -1.36. The minimum Gasteiger partial charge on any atom is -0.466 e. The number of rotatable bonds is 7. The number of anilines is 1. The third-order valence-electron chi connectivity index (χ3n) is 2.60. The molecule has 6 heteroatoms. The fourth-order valence-electron chi connectivity index (χ4n) is 1.54. The molecule has 0 saturated carbocycles. The molecular formula is C13H20ClN3O2. The lowest BCUT2D eigenvalue weighted by atomic mass is 10.3. The molecule has 0 bridgehead atoms. The molecule has 0 atom stereocenters. The summed E-state index contributed by atoms with van der Waals surface area (Å²) in [6.45, 7) is 6.72. The lowest BCUT2D eigenvalue weighted by Crippen LogP contribution is -2.11. The average molecular weight is 286 g/mol. The molecule has 0 aliphatic heterocycles. The summed E-state index contributed by atoms with van der Waals surface area (Å²) in [5.41, 5.74) is 0.829. The zero-order chi connectivity index (χ0) is 14.3. The number of hydrogen-bond donors (Lipinski definition) is 1. The fraction of sp³-hybridized carbons (Fsp3) is 0.615. The van der Waals surface area contributed by atoms with Crippen molar-refractivity contribution in [2.24, 2.45) is 0 Å². The summed E-state index contributed by atoms with van der Waals surface area (Å²) >= 11 is 6.04. The van der Waals surface area contributed by atoms with E-state index in [4.69, 9.17) is 16.3 Å². The van der Waals surface area contributed by atoms with Gasteiger partial charge in [0.25, 0.3) is 0 Å². The minimum absolute atomic E-state index is 0.170. The average Bonchev–Trinajstić information content (AvgIpc) is 2.39. The number of ether oxygens (including phenoxy) is 1. The van der Waals surface area contributed by atoms with Crippen molar-refractivity contribution < 1.29 is 9.53 Å². The van der Waals surface area contributed by atoms with Crippen molar-refractivity contribution in [1.29, 1.82) is 0 Å². The number of nitrogens with one attached hydrogen (secondary N) is 1. The molecule has 0 amide bonds. The quantitative estimate of drug-likeness (QED) is 0.474. The van der Waals surface area contributed by atoms with Gasteiger partial charge in [-0.25, -0.2) is 9.97 Å². The van der Waals surface area contributed by atoms with Gasteiger partial charge in [-0.15, -0.1) is 0 Å². The molecule has 0 saturated heterocycles. The maximum atomic E-state index is 11.2. The molecule has 0 aromatic carbocycles. The summed E-state index contributed by atoms with van der Waals surface area (Å²) in [6.07, 6.45) is 1.83. The van der Waals surface area contributed by atoms with E-state index < -0.39 is 0 Å². The topological polar surface area (TPSA) is 64.1 Å². The first kappa shape index (κ1) is 15.7. The van der Waals surface area contributed by atoms with Gasteiger partial charge in [-0.1, -0.05) is 18.5 Å². The van der Waals surface area contributed by atoms with Gasteiger partial charge < -0.3 is 10.1 Å². The van der Waals surface area contributed by atoms with E-state index in [2.05, 4.69) is 15.3 Å². The molecule has 106 valence electrons. The lowest BCUT2D eigenvalue weighted by Gasteiger charge is -2.10. The van der Waals surface area contributed by atoms with Crippen molar-refractivity contribution in [3.05, 3.63) is 16.5 Å². The van der Waals surface area contributed by atoms with Gasteiger partial charge in [-0.3, -0.25) is 4.79 Å². The molecule has 1 aromatic heterocycles. The monoisotopic (exact) mass is 285 g/mol. The van der Waals surface area contributed by atoms with Crippen molar-refractivity contribution in [2.75, 3.05) is 18.5 Å². The van der Waals surface area contributed by atoms with Gasteiger partial charge in [0, 0.05) is 24.9 Å². The summed E-state index contributed by atoms with van der Waals surface area (Å²) in [5.74, 6) is 1.28. The Kier molecular flexibility index (Phi) is 6.56. The SMILES string of the molecule is CCOC(=O)CCCNc1nc(CC)nc(Cl)c1C. The molecule has 0 aliphatic carbocycles. The van der Waals surface area contributed by atoms with Crippen LogP contribution < -0.4 is 5.32 Å². The van der Waals surface area contributed by atoms with Gasteiger partial charge in [-0.2, -0.15) is 0 Å². The van der Waals surface area contributed by atoms with E-state index in [-0.39, 0.29) is 5.97 Å². The molecule has 1 aromatic rings. The molecule has 19 heavy (non-hydrogen) atoms. The Morgan fingerprint density at radius 2 is 2.11 bits per heavy atom. The van der Waals surface area contributed by atoms with Gasteiger partial charge in [0.15, 0.2) is 0 Å². The Morgan fingerprint density at radius 3 is 2.74 bits per heavy atom. The van der Waals surface area contributed by atoms with E-state index in [9.17, 15) is 4.79 Å². The van der Waals surface area contributed by atoms with Crippen LogP contribution in [0.25, 0.3) is 0 Å². The van der Waals surface area contributed by atoms with E-state index in [0.29, 0.717) is 37.0 Å². The van der Waals surface area contributed by atoms with Crippen LogP contribution in [-0.4, -0.2) is 29.1 Å². The van der Waals surface area contributed by atoms with Crippen molar-refractivity contribution in [3.8, 4) is 0 Å². The lowest BCUT2D eigenvalue weighted by molar-refractivity contribution is -0.143. The summed E-state index contributed by atoms with van der Waals surface area (Å²) in [6, 6.07) is 0. The first-order valence-electron chi connectivity index (χ1n) is 6.51. The van der Waals surface area contributed by atoms with Crippen LogP contribution in [0.15, 0.2) is 0 Å². The first-order chi connectivity index (χ1) is 9.08. The number of aromatic nitrogens is 2. The highest BCUT2D eigenvalue weighted by atomic mass is 35.5. The van der Waals surface area contributed by atoms with Crippen molar-refractivity contribution in [3.63, 3.8) is 0 Å². The Bertz CT molecular complexity index is 438. The second-order valence-corrected chi connectivity index (χ2v) is 4.45. The van der Waals surface area contributed by atoms with Gasteiger partial charge in [0.05, 0.1) is 6.61 Å². The molecule has 0 radical (unpaired) electrons. The Labute approximate surface area is 118 Å². The number of esters is 1. The minimum atomic E-state index is -0.170. The Morgan fingerprint density at radius 1 is 1.37 bits per heavy atom. The van der Waals surface area contributed by atoms with Crippen molar-refractivity contribution in [1.82, 2.24) is 9.97 Å². The van der Waals surface area contributed by atoms with E-state index in [1.165, 1.54) is 0 Å². The van der Waals surface area contributed by atoms with Crippen molar-refractivity contribution in [2.45, 2.75) is 40.0 Å². The van der Waals surface area contributed by atoms with Gasteiger partial charge >= 0.3 is 5.97 Å². The highest BCUT2D eigenvalue weighted by molar-refractivity contribution is 6.30. The first-order valence-corrected chi connectivity index (χ1v) is 6.88. The van der Waals surface area contributed by atoms with Crippen molar-refractivity contribution >= 4 is 23.4 Å². The molecular weight excluding hydrogens is 266 g/mol. The zero-order valence-corrected chi connectivity index (χ0v) is 12.4. The van der Waals surface area contributed by atoms with Crippen LogP contribution in [0.1, 0.15) is 38.1 Å². The summed E-state index contributed by atoms with van der Waals surface area (Å²) in [7, 11) is 0. The third-order valence-corrected chi connectivity index (χ3v) is 2.97. The molecule has 0 fully saturated rings. The molecule has 0 unspecified atom stereocenters. The normalized spacial score (nSPS) is 10.3. The fourth-order valence-corrected chi connectivity index (χ4v) is 1.72. The number of carbonyl (C=O) groups is 1. The second-order valence-electron chi connectivity index (χ2n) is 4.09. The van der Waals surface area contributed by atoms with Crippen LogP contribution in [0.5, 0.6) is 0 Å². The molecule has 1 rings (SSSR count). The smallest absolute Gasteiger partial charge is 0.305 e. The summed E-state index contributed by atoms with van der Waals surface area (Å²) in [5, 5.41) is 3.65. The number of halogens is 1. The van der Waals surface area contributed by atoms with Gasteiger partial charge in [-0.05, 0) is 20.3 Å². The largest absolute Gasteiger partial charge is 0.466 e. The number of aryl methyl sites for hydroxylation is 1. The second kappa shape index (κ2) is 7.94. The maximum absolute atomic E-state index is 11.2. The van der Waals surface area contributed by atoms with Crippen LogP contribution in [0.2, 0.25) is 5.15 Å². The highest BCUT2D eigenvalue weighted by Gasteiger charge is 2.08. The predicted octanol–water partition coefficient (Wildman–Crippen LogP) is 2.76. The molecule has 1 heterocycles. The van der Waals surface area contributed by atoms with Gasteiger partial charge in [0.2, 0.25) is 0 Å².